The molecule has 36 heavy (non-hydrogen) atoms. The van der Waals surface area contributed by atoms with Crippen LogP contribution >= 0.6 is 0 Å². The van der Waals surface area contributed by atoms with Crippen molar-refractivity contribution in [3.8, 4) is 42.5 Å². The molecule has 0 aliphatic carbocycles. The van der Waals surface area contributed by atoms with Crippen LogP contribution < -0.4 is 0 Å². The zero-order valence-corrected chi connectivity index (χ0v) is 22.6. The first kappa shape index (κ1) is 22.8. The third-order valence-corrected chi connectivity index (χ3v) is 9.77. The fraction of sp³-hybridized carbons (Fsp3) is 0. The number of hydrogen-bond acceptors (Lipinski definition) is 4. The monoisotopic (exact) mass is 596 g/mol. The molecule has 172 valence electrons. The fourth-order valence-corrected chi connectivity index (χ4v) is 7.78. The van der Waals surface area contributed by atoms with Gasteiger partial charge in [0.25, 0.3) is 0 Å². The Bertz CT molecular complexity index is 1370. The van der Waals surface area contributed by atoms with Crippen molar-refractivity contribution in [1.82, 2.24) is 9.97 Å². The third kappa shape index (κ3) is 4.86. The Kier molecular flexibility index (Phi) is 6.66. The van der Waals surface area contributed by atoms with Crippen LogP contribution in [0.2, 0.25) is 0 Å². The summed E-state index contributed by atoms with van der Waals surface area (Å²) in [5.41, 5.74) is 6.56. The number of hydrogen-bond donors (Lipinski definition) is 0. The Hall–Kier alpha value is -3.66. The second-order valence-electron chi connectivity index (χ2n) is 8.01. The Labute approximate surface area is 221 Å². The maximum absolute atomic E-state index is 4.93. The van der Waals surface area contributed by atoms with Gasteiger partial charge in [0.05, 0.1) is 0 Å². The molecule has 0 fully saturated rings. The summed E-state index contributed by atoms with van der Waals surface area (Å²) < 4.78 is 4.01. The van der Waals surface area contributed by atoms with E-state index in [0.717, 1.165) is 31.9 Å². The molecule has 6 rings (SSSR count). The van der Waals surface area contributed by atoms with Crippen molar-refractivity contribution in [2.75, 3.05) is 0 Å². The van der Waals surface area contributed by atoms with Crippen LogP contribution in [-0.2, 0) is 0 Å². The fourth-order valence-electron chi connectivity index (χ4n) is 3.94. The van der Waals surface area contributed by atoms with Crippen molar-refractivity contribution in [1.29, 1.82) is 0 Å². The van der Waals surface area contributed by atoms with E-state index in [0.29, 0.717) is 0 Å². The van der Waals surface area contributed by atoms with Gasteiger partial charge < -0.3 is 0 Å². The van der Waals surface area contributed by atoms with Crippen molar-refractivity contribution in [2.24, 2.45) is 10.2 Å². The molecule has 4 aromatic carbocycles. The SMILES string of the molecule is c1ccc(-c2nc(/N=N\c3nc(-c4ccccc4)c(-c4ccccc4)[se]3)[se]c2-c2ccccc2)cc1. The van der Waals surface area contributed by atoms with Crippen LogP contribution in [0, 0.1) is 0 Å². The number of benzene rings is 4. The Balaban J connectivity index is 1.40. The summed E-state index contributed by atoms with van der Waals surface area (Å²) in [5.74, 6) is 0. The van der Waals surface area contributed by atoms with E-state index < -0.39 is 0 Å². The normalized spacial score (nSPS) is 11.2. The zero-order valence-electron chi connectivity index (χ0n) is 19.2. The molecule has 2 heterocycles. The minimum atomic E-state index is -0.0415. The quantitative estimate of drug-likeness (QED) is 0.147. The van der Waals surface area contributed by atoms with Gasteiger partial charge in [0, 0.05) is 0 Å². The topological polar surface area (TPSA) is 50.5 Å². The van der Waals surface area contributed by atoms with Gasteiger partial charge in [-0.3, -0.25) is 0 Å². The van der Waals surface area contributed by atoms with Gasteiger partial charge in [-0.2, -0.15) is 0 Å². The molecular weight excluding hydrogens is 574 g/mol. The Morgan fingerprint density at radius 3 is 1.03 bits per heavy atom. The molecule has 0 bridgehead atoms. The predicted molar refractivity (Wildman–Crippen MR) is 148 cm³/mol. The molecule has 0 atom stereocenters. The van der Waals surface area contributed by atoms with E-state index in [9.17, 15) is 0 Å². The van der Waals surface area contributed by atoms with Crippen LogP contribution in [0.4, 0.5) is 9.38 Å². The van der Waals surface area contributed by atoms with E-state index >= 15 is 0 Å². The standard InChI is InChI=1S/C30H20N4Se2/c1-5-13-21(14-6-1)25-27(23-17-9-3-10-18-23)35-29(31-25)33-34-30-32-26(22-15-7-2-8-16-22)28(36-30)24-19-11-4-12-20-24/h1-20H/b34-33-. The van der Waals surface area contributed by atoms with Crippen molar-refractivity contribution < 1.29 is 0 Å². The summed E-state index contributed by atoms with van der Waals surface area (Å²) in [7, 11) is 0. The molecule has 0 amide bonds. The summed E-state index contributed by atoms with van der Waals surface area (Å²) in [6, 6.07) is 41.6. The van der Waals surface area contributed by atoms with Crippen LogP contribution in [0.3, 0.4) is 0 Å². The Morgan fingerprint density at radius 2 is 0.694 bits per heavy atom. The predicted octanol–water partition coefficient (Wildman–Crippen LogP) is 7.67. The van der Waals surface area contributed by atoms with E-state index in [1.165, 1.54) is 20.0 Å². The second kappa shape index (κ2) is 10.5. The molecule has 0 saturated heterocycles. The van der Waals surface area contributed by atoms with Gasteiger partial charge in [-0.1, -0.05) is 0 Å². The molecule has 0 aliphatic heterocycles. The summed E-state index contributed by atoms with van der Waals surface area (Å²) in [5, 5.41) is 9.26. The average molecular weight is 594 g/mol. The second-order valence-corrected chi connectivity index (χ2v) is 12.1. The van der Waals surface area contributed by atoms with E-state index in [1.54, 1.807) is 0 Å². The van der Waals surface area contributed by atoms with Crippen LogP contribution in [0.25, 0.3) is 42.5 Å². The first-order valence-corrected chi connectivity index (χ1v) is 14.9. The van der Waals surface area contributed by atoms with E-state index in [2.05, 4.69) is 83.0 Å². The first-order chi connectivity index (χ1) is 17.8. The van der Waals surface area contributed by atoms with Gasteiger partial charge in [0.15, 0.2) is 0 Å². The molecule has 0 aliphatic rings. The number of aromatic nitrogens is 2. The first-order valence-electron chi connectivity index (χ1n) is 11.5. The van der Waals surface area contributed by atoms with Gasteiger partial charge in [-0.25, -0.2) is 0 Å². The molecule has 6 aromatic rings. The third-order valence-electron chi connectivity index (χ3n) is 5.62. The molecule has 0 spiro atoms. The maximum atomic E-state index is 4.93. The average Bonchev–Trinajstić information content (AvgIpc) is 3.59. The van der Waals surface area contributed by atoms with E-state index in [4.69, 9.17) is 9.97 Å². The molecule has 0 unspecified atom stereocenters. The minimum absolute atomic E-state index is 0.0415. The Morgan fingerprint density at radius 1 is 0.389 bits per heavy atom. The van der Waals surface area contributed by atoms with Gasteiger partial charge >= 0.3 is 222 Å². The summed E-state index contributed by atoms with van der Waals surface area (Å²) in [6.07, 6.45) is 0. The molecular formula is C30H20N4Se2. The van der Waals surface area contributed by atoms with Crippen molar-refractivity contribution in [2.45, 2.75) is 0 Å². The molecule has 0 N–H and O–H groups in total. The van der Waals surface area contributed by atoms with Crippen molar-refractivity contribution in [3.05, 3.63) is 121 Å². The zero-order chi connectivity index (χ0) is 24.2. The van der Waals surface area contributed by atoms with E-state index in [-0.39, 0.29) is 29.0 Å². The van der Waals surface area contributed by atoms with Crippen LogP contribution in [0.15, 0.2) is 132 Å². The molecule has 2 aromatic heterocycles. The van der Waals surface area contributed by atoms with Crippen LogP contribution in [0.5, 0.6) is 0 Å². The van der Waals surface area contributed by atoms with Gasteiger partial charge in [-0.05, 0) is 0 Å². The van der Waals surface area contributed by atoms with Gasteiger partial charge in [0.2, 0.25) is 0 Å². The van der Waals surface area contributed by atoms with Gasteiger partial charge in [0.1, 0.15) is 0 Å². The van der Waals surface area contributed by atoms with Crippen molar-refractivity contribution in [3.63, 3.8) is 0 Å². The van der Waals surface area contributed by atoms with Gasteiger partial charge in [-0.15, -0.1) is 0 Å². The summed E-state index contributed by atoms with van der Waals surface area (Å²) in [4.78, 5) is 9.87. The van der Waals surface area contributed by atoms with E-state index in [1.807, 2.05) is 48.5 Å². The molecule has 0 radical (unpaired) electrons. The number of rotatable bonds is 6. The van der Waals surface area contributed by atoms with Crippen molar-refractivity contribution >= 4 is 38.4 Å². The summed E-state index contributed by atoms with van der Waals surface area (Å²) in [6.45, 7) is 0. The van der Waals surface area contributed by atoms with Crippen LogP contribution in [0.1, 0.15) is 0 Å². The van der Waals surface area contributed by atoms with Crippen LogP contribution in [-0.4, -0.2) is 39.0 Å². The molecule has 6 heteroatoms. The molecule has 0 saturated carbocycles. The number of nitrogens with zero attached hydrogens (tertiary/aromatic N) is 4. The molecule has 4 nitrogen and oxygen atoms in total. The summed E-state index contributed by atoms with van der Waals surface area (Å²) >= 11 is -0.0831. The number of azo groups is 1.